The molecule has 0 aliphatic carbocycles. The van der Waals surface area contributed by atoms with Crippen LogP contribution in [-0.4, -0.2) is 47.8 Å². The van der Waals surface area contributed by atoms with Crippen LogP contribution in [0.2, 0.25) is 0 Å². The summed E-state index contributed by atoms with van der Waals surface area (Å²) in [4.78, 5) is 19.2. The predicted molar refractivity (Wildman–Crippen MR) is 131 cm³/mol. The second-order valence-corrected chi connectivity index (χ2v) is 9.93. The van der Waals surface area contributed by atoms with Crippen molar-refractivity contribution in [3.05, 3.63) is 70.2 Å². The molecule has 37 heavy (non-hydrogen) atoms. The molecule has 198 valence electrons. The number of nitrogens with one attached hydrogen (secondary N) is 1. The van der Waals surface area contributed by atoms with Gasteiger partial charge in [-0.05, 0) is 43.1 Å². The molecule has 1 amide bonds. The second-order valence-electron chi connectivity index (χ2n) is 9.04. The highest BCUT2D eigenvalue weighted by molar-refractivity contribution is 7.10. The molecule has 0 unspecified atom stereocenters. The second kappa shape index (κ2) is 11.2. The van der Waals surface area contributed by atoms with E-state index in [9.17, 15) is 31.1 Å². The van der Waals surface area contributed by atoms with Gasteiger partial charge in [0, 0.05) is 29.1 Å². The standard InChI is InChI=1S/C26H25F6N3OS/c27-25(28,29)11-14-35-12-9-19(10-13-35)24-34-22(16-37-24)23(36)33-21-4-2-1-3-20(21)18-7-5-17(6-8-18)15-26(30,31)32/h1-8,16,19H,9-15H2,(H,33,36). The first-order valence-corrected chi connectivity index (χ1v) is 12.7. The van der Waals surface area contributed by atoms with Crippen LogP contribution in [0, 0.1) is 0 Å². The number of benzene rings is 2. The topological polar surface area (TPSA) is 45.2 Å². The van der Waals surface area contributed by atoms with Crippen molar-refractivity contribution in [3.8, 4) is 11.1 Å². The van der Waals surface area contributed by atoms with Gasteiger partial charge in [0.1, 0.15) is 5.69 Å². The van der Waals surface area contributed by atoms with Gasteiger partial charge in [0.2, 0.25) is 0 Å². The molecule has 2 aromatic carbocycles. The Labute approximate surface area is 214 Å². The molecule has 4 rings (SSSR count). The lowest BCUT2D eigenvalue weighted by atomic mass is 9.97. The van der Waals surface area contributed by atoms with E-state index >= 15 is 0 Å². The van der Waals surface area contributed by atoms with Gasteiger partial charge in [0.05, 0.1) is 17.8 Å². The van der Waals surface area contributed by atoms with E-state index in [0.29, 0.717) is 42.7 Å². The van der Waals surface area contributed by atoms with Crippen LogP contribution in [0.5, 0.6) is 0 Å². The number of hydrogen-bond acceptors (Lipinski definition) is 4. The van der Waals surface area contributed by atoms with E-state index in [2.05, 4.69) is 10.3 Å². The molecule has 1 saturated heterocycles. The van der Waals surface area contributed by atoms with Crippen LogP contribution >= 0.6 is 11.3 Å². The summed E-state index contributed by atoms with van der Waals surface area (Å²) in [6.07, 6.45) is -8.92. The van der Waals surface area contributed by atoms with Crippen LogP contribution in [-0.2, 0) is 6.42 Å². The third kappa shape index (κ3) is 7.78. The third-order valence-electron chi connectivity index (χ3n) is 6.25. The summed E-state index contributed by atoms with van der Waals surface area (Å²) in [5.41, 5.74) is 2.23. The summed E-state index contributed by atoms with van der Waals surface area (Å²) in [6.45, 7) is 1.10. The molecule has 0 radical (unpaired) electrons. The molecule has 0 spiro atoms. The normalized spacial score (nSPS) is 15.6. The largest absolute Gasteiger partial charge is 0.393 e. The van der Waals surface area contributed by atoms with Crippen LogP contribution in [0.15, 0.2) is 53.9 Å². The van der Waals surface area contributed by atoms with Crippen molar-refractivity contribution in [2.45, 2.75) is 44.0 Å². The summed E-state index contributed by atoms with van der Waals surface area (Å²) in [5.74, 6) is -0.317. The number of thiazole rings is 1. The average Bonchev–Trinajstić information content (AvgIpc) is 3.33. The van der Waals surface area contributed by atoms with Crippen molar-refractivity contribution >= 4 is 22.9 Å². The Bertz CT molecular complexity index is 1200. The molecule has 2 heterocycles. The van der Waals surface area contributed by atoms with Crippen molar-refractivity contribution in [2.24, 2.45) is 0 Å². The lowest BCUT2D eigenvalue weighted by Gasteiger charge is -2.31. The molecule has 1 aliphatic heterocycles. The molecular formula is C26H25F6N3OS. The Morgan fingerprint density at radius 2 is 1.65 bits per heavy atom. The number of carbonyl (C=O) groups is 1. The zero-order valence-electron chi connectivity index (χ0n) is 19.7. The summed E-state index contributed by atoms with van der Waals surface area (Å²) in [5, 5.41) is 5.29. The molecule has 4 nitrogen and oxygen atoms in total. The minimum absolute atomic E-state index is 0.00773. The number of halogens is 6. The number of carbonyl (C=O) groups excluding carboxylic acids is 1. The lowest BCUT2D eigenvalue weighted by Crippen LogP contribution is -2.35. The van der Waals surface area contributed by atoms with Gasteiger partial charge in [0.25, 0.3) is 5.91 Å². The Kier molecular flexibility index (Phi) is 8.23. The van der Waals surface area contributed by atoms with Gasteiger partial charge >= 0.3 is 12.4 Å². The maximum atomic E-state index is 12.9. The maximum absolute atomic E-state index is 12.9. The lowest BCUT2D eigenvalue weighted by molar-refractivity contribution is -0.138. The van der Waals surface area contributed by atoms with Gasteiger partial charge in [0.15, 0.2) is 0 Å². The highest BCUT2D eigenvalue weighted by Gasteiger charge is 2.30. The average molecular weight is 542 g/mol. The van der Waals surface area contributed by atoms with Gasteiger partial charge in [-0.25, -0.2) is 4.98 Å². The summed E-state index contributed by atoms with van der Waals surface area (Å²) in [7, 11) is 0. The van der Waals surface area contributed by atoms with E-state index in [0.717, 1.165) is 5.01 Å². The zero-order valence-corrected chi connectivity index (χ0v) is 20.5. The highest BCUT2D eigenvalue weighted by Crippen LogP contribution is 2.33. The van der Waals surface area contributed by atoms with Crippen molar-refractivity contribution in [2.75, 3.05) is 25.0 Å². The summed E-state index contributed by atoms with van der Waals surface area (Å²) in [6, 6.07) is 13.0. The van der Waals surface area contributed by atoms with Gasteiger partial charge in [-0.3, -0.25) is 4.79 Å². The third-order valence-corrected chi connectivity index (χ3v) is 7.25. The van der Waals surface area contributed by atoms with E-state index < -0.39 is 31.1 Å². The van der Waals surface area contributed by atoms with Crippen LogP contribution in [0.3, 0.4) is 0 Å². The van der Waals surface area contributed by atoms with Gasteiger partial charge in [-0.1, -0.05) is 42.5 Å². The highest BCUT2D eigenvalue weighted by atomic mass is 32.1. The number of para-hydroxylation sites is 1. The number of piperidine rings is 1. The maximum Gasteiger partial charge on any atom is 0.393 e. The molecule has 1 fully saturated rings. The number of rotatable bonds is 7. The van der Waals surface area contributed by atoms with Crippen LogP contribution < -0.4 is 5.32 Å². The summed E-state index contributed by atoms with van der Waals surface area (Å²) >= 11 is 1.36. The SMILES string of the molecule is O=C(Nc1ccccc1-c1ccc(CC(F)(F)F)cc1)c1csc(C2CCN(CCC(F)(F)F)CC2)n1. The Morgan fingerprint density at radius 1 is 0.973 bits per heavy atom. The summed E-state index contributed by atoms with van der Waals surface area (Å²) < 4.78 is 75.4. The number of hydrogen-bond donors (Lipinski definition) is 1. The van der Waals surface area contributed by atoms with Crippen molar-refractivity contribution in [3.63, 3.8) is 0 Å². The fraction of sp³-hybridized carbons (Fsp3) is 0.385. The first kappa shape index (κ1) is 27.1. The van der Waals surface area contributed by atoms with Crippen molar-refractivity contribution in [1.29, 1.82) is 0 Å². The molecule has 3 aromatic rings. The number of alkyl halides is 6. The number of anilines is 1. The first-order chi connectivity index (χ1) is 17.5. The predicted octanol–water partition coefficient (Wildman–Crippen LogP) is 7.30. The first-order valence-electron chi connectivity index (χ1n) is 11.8. The molecule has 0 saturated carbocycles. The monoisotopic (exact) mass is 541 g/mol. The number of amides is 1. The van der Waals surface area contributed by atoms with Crippen molar-refractivity contribution in [1.82, 2.24) is 9.88 Å². The fourth-order valence-corrected chi connectivity index (χ4v) is 5.30. The Morgan fingerprint density at radius 3 is 2.30 bits per heavy atom. The molecule has 0 atom stereocenters. The molecule has 11 heteroatoms. The molecule has 1 aliphatic rings. The van der Waals surface area contributed by atoms with E-state index in [1.54, 1.807) is 46.7 Å². The molecule has 1 N–H and O–H groups in total. The molecule has 1 aromatic heterocycles. The van der Waals surface area contributed by atoms with Gasteiger partial charge in [-0.2, -0.15) is 26.3 Å². The number of nitrogens with zero attached hydrogens (tertiary/aromatic N) is 2. The van der Waals surface area contributed by atoms with E-state index in [4.69, 9.17) is 0 Å². The molecular weight excluding hydrogens is 516 g/mol. The fourth-order valence-electron chi connectivity index (χ4n) is 4.33. The van der Waals surface area contributed by atoms with E-state index in [-0.39, 0.29) is 23.7 Å². The zero-order chi connectivity index (χ0) is 26.6. The Balaban J connectivity index is 1.38. The smallest absolute Gasteiger partial charge is 0.320 e. The van der Waals surface area contributed by atoms with E-state index in [1.807, 2.05) is 0 Å². The quantitative estimate of drug-likeness (QED) is 0.319. The van der Waals surface area contributed by atoms with Crippen molar-refractivity contribution < 1.29 is 31.1 Å². The number of likely N-dealkylation sites (tertiary alicyclic amines) is 1. The van der Waals surface area contributed by atoms with Crippen LogP contribution in [0.1, 0.15) is 46.2 Å². The van der Waals surface area contributed by atoms with E-state index in [1.165, 1.54) is 23.5 Å². The van der Waals surface area contributed by atoms with Crippen LogP contribution in [0.4, 0.5) is 32.0 Å². The minimum atomic E-state index is -4.29. The minimum Gasteiger partial charge on any atom is -0.320 e. The van der Waals surface area contributed by atoms with Gasteiger partial charge < -0.3 is 10.2 Å². The molecule has 0 bridgehead atoms. The number of aromatic nitrogens is 1. The Hall–Kier alpha value is -2.92. The van der Waals surface area contributed by atoms with Crippen LogP contribution in [0.25, 0.3) is 11.1 Å². The van der Waals surface area contributed by atoms with Gasteiger partial charge in [-0.15, -0.1) is 11.3 Å².